The number of fused-ring (bicyclic) bond motifs is 1. The van der Waals surface area contributed by atoms with Gasteiger partial charge in [-0.25, -0.2) is 15.0 Å². The lowest BCUT2D eigenvalue weighted by molar-refractivity contribution is 0.0250. The Morgan fingerprint density at radius 1 is 1.26 bits per heavy atom. The largest absolute Gasteiger partial charge is 0.378 e. The Bertz CT molecular complexity index is 969. The summed E-state index contributed by atoms with van der Waals surface area (Å²) in [7, 11) is 0.119. The van der Waals surface area contributed by atoms with E-state index in [9.17, 15) is 8.42 Å². The highest BCUT2D eigenvalue weighted by Crippen LogP contribution is 2.28. The number of anilines is 2. The lowest BCUT2D eigenvalue weighted by atomic mass is 9.93. The van der Waals surface area contributed by atoms with Crippen molar-refractivity contribution in [3.63, 3.8) is 0 Å². The third-order valence-electron chi connectivity index (χ3n) is 5.89. The van der Waals surface area contributed by atoms with Gasteiger partial charge in [-0.05, 0) is 52.4 Å². The summed E-state index contributed by atoms with van der Waals surface area (Å²) in [5.41, 5.74) is 1.59. The van der Waals surface area contributed by atoms with Crippen molar-refractivity contribution in [2.75, 3.05) is 29.6 Å². The van der Waals surface area contributed by atoms with E-state index >= 15 is 0 Å². The van der Waals surface area contributed by atoms with Crippen molar-refractivity contribution in [3.05, 3.63) is 6.33 Å². The molecule has 1 saturated carbocycles. The van der Waals surface area contributed by atoms with Crippen LogP contribution in [0.2, 0.25) is 0 Å². The van der Waals surface area contributed by atoms with Crippen LogP contribution >= 0.6 is 0 Å². The van der Waals surface area contributed by atoms with E-state index in [2.05, 4.69) is 34.0 Å². The third-order valence-corrected chi connectivity index (χ3v) is 6.69. The topological polar surface area (TPSA) is 122 Å². The second-order valence-electron chi connectivity index (χ2n) is 8.55. The number of aromatic nitrogens is 4. The standard InChI is InChI=1S/C20H34N6O4S/c1-14(2)25(3)20-24-17-18(21-13-22-19(17)26(20)4)23-15-7-9-16(10-8-15)30-11-5-6-12-31(27,28)29/h13-16H,5-12H2,1-4H3,(H,21,22,23)(H,27,28,29). The lowest BCUT2D eigenvalue weighted by Gasteiger charge is -2.29. The molecule has 2 aromatic heterocycles. The molecule has 31 heavy (non-hydrogen) atoms. The quantitative estimate of drug-likeness (QED) is 0.412. The fourth-order valence-electron chi connectivity index (χ4n) is 3.84. The average Bonchev–Trinajstić information content (AvgIpc) is 3.05. The Labute approximate surface area is 184 Å². The van der Waals surface area contributed by atoms with Gasteiger partial charge < -0.3 is 15.0 Å². The van der Waals surface area contributed by atoms with Crippen LogP contribution in [0.4, 0.5) is 11.8 Å². The van der Waals surface area contributed by atoms with Gasteiger partial charge in [0.1, 0.15) is 6.33 Å². The summed E-state index contributed by atoms with van der Waals surface area (Å²) < 4.78 is 38.1. The smallest absolute Gasteiger partial charge is 0.264 e. The zero-order valence-corrected chi connectivity index (χ0v) is 19.6. The van der Waals surface area contributed by atoms with Gasteiger partial charge in [0.2, 0.25) is 5.95 Å². The van der Waals surface area contributed by atoms with Crippen molar-refractivity contribution in [2.24, 2.45) is 7.05 Å². The Balaban J connectivity index is 1.53. The van der Waals surface area contributed by atoms with E-state index in [0.717, 1.165) is 48.6 Å². The minimum absolute atomic E-state index is 0.190. The van der Waals surface area contributed by atoms with Gasteiger partial charge in [-0.1, -0.05) is 0 Å². The SMILES string of the molecule is CC(C)N(C)c1nc2c(NC3CCC(OCCCCS(=O)(=O)O)CC3)ncnc2n1C. The number of hydrogen-bond acceptors (Lipinski definition) is 8. The van der Waals surface area contributed by atoms with Crippen LogP contribution in [0.15, 0.2) is 6.33 Å². The number of aryl methyl sites for hydroxylation is 1. The van der Waals surface area contributed by atoms with Crippen LogP contribution < -0.4 is 10.2 Å². The van der Waals surface area contributed by atoms with Gasteiger partial charge in [0.15, 0.2) is 17.0 Å². The first-order valence-electron chi connectivity index (χ1n) is 10.9. The highest BCUT2D eigenvalue weighted by Gasteiger charge is 2.24. The highest BCUT2D eigenvalue weighted by molar-refractivity contribution is 7.85. The molecule has 3 rings (SSSR count). The van der Waals surface area contributed by atoms with E-state index in [4.69, 9.17) is 14.3 Å². The molecule has 0 aromatic carbocycles. The maximum atomic E-state index is 10.7. The summed E-state index contributed by atoms with van der Waals surface area (Å²) in [5.74, 6) is 1.42. The molecule has 0 radical (unpaired) electrons. The van der Waals surface area contributed by atoms with E-state index in [1.54, 1.807) is 6.33 Å². The molecule has 1 aliphatic rings. The van der Waals surface area contributed by atoms with Gasteiger partial charge in [-0.2, -0.15) is 8.42 Å². The van der Waals surface area contributed by atoms with Gasteiger partial charge in [-0.15, -0.1) is 0 Å². The van der Waals surface area contributed by atoms with Gasteiger partial charge in [0.05, 0.1) is 11.9 Å². The average molecular weight is 455 g/mol. The predicted molar refractivity (Wildman–Crippen MR) is 121 cm³/mol. The van der Waals surface area contributed by atoms with Gasteiger partial charge in [-0.3, -0.25) is 9.12 Å². The van der Waals surface area contributed by atoms with Crippen LogP contribution in [-0.2, 0) is 21.9 Å². The van der Waals surface area contributed by atoms with Crippen molar-refractivity contribution in [1.82, 2.24) is 19.5 Å². The molecule has 0 aliphatic heterocycles. The molecule has 0 atom stereocenters. The summed E-state index contributed by atoms with van der Waals surface area (Å²) >= 11 is 0. The lowest BCUT2D eigenvalue weighted by Crippen LogP contribution is -2.30. The number of nitrogens with zero attached hydrogens (tertiary/aromatic N) is 5. The van der Waals surface area contributed by atoms with Crippen LogP contribution in [0.1, 0.15) is 52.4 Å². The number of unbranched alkanes of at least 4 members (excludes halogenated alkanes) is 1. The summed E-state index contributed by atoms with van der Waals surface area (Å²) in [6.45, 7) is 4.77. The van der Waals surface area contributed by atoms with E-state index in [1.807, 2.05) is 18.7 Å². The van der Waals surface area contributed by atoms with Crippen molar-refractivity contribution in [3.8, 4) is 0 Å². The van der Waals surface area contributed by atoms with Crippen LogP contribution in [0, 0.1) is 0 Å². The molecule has 174 valence electrons. The highest BCUT2D eigenvalue weighted by atomic mass is 32.2. The van der Waals surface area contributed by atoms with Crippen molar-refractivity contribution < 1.29 is 17.7 Å². The van der Waals surface area contributed by atoms with Gasteiger partial charge in [0.25, 0.3) is 10.1 Å². The second kappa shape index (κ2) is 10.1. The Kier molecular flexibility index (Phi) is 7.71. The molecule has 0 amide bonds. The fraction of sp³-hybridized carbons (Fsp3) is 0.750. The minimum atomic E-state index is -3.88. The van der Waals surface area contributed by atoms with Crippen LogP contribution in [0.25, 0.3) is 11.2 Å². The van der Waals surface area contributed by atoms with E-state index in [1.165, 1.54) is 0 Å². The van der Waals surface area contributed by atoms with E-state index in [-0.39, 0.29) is 11.9 Å². The summed E-state index contributed by atoms with van der Waals surface area (Å²) in [5, 5.41) is 3.55. The molecule has 1 fully saturated rings. The minimum Gasteiger partial charge on any atom is -0.378 e. The van der Waals surface area contributed by atoms with Crippen molar-refractivity contribution >= 4 is 33.0 Å². The zero-order valence-electron chi connectivity index (χ0n) is 18.8. The first kappa shape index (κ1) is 23.7. The molecule has 0 saturated heterocycles. The van der Waals surface area contributed by atoms with Gasteiger partial charge >= 0.3 is 0 Å². The molecule has 11 heteroatoms. The Morgan fingerprint density at radius 2 is 1.97 bits per heavy atom. The maximum Gasteiger partial charge on any atom is 0.264 e. The number of rotatable bonds is 10. The first-order chi connectivity index (χ1) is 14.7. The molecule has 0 spiro atoms. The maximum absolute atomic E-state index is 10.7. The molecule has 2 N–H and O–H groups in total. The molecule has 0 bridgehead atoms. The summed E-state index contributed by atoms with van der Waals surface area (Å²) in [6.07, 6.45) is 6.62. The molecular formula is C20H34N6O4S. The Hall–Kier alpha value is -1.98. The molecule has 1 aliphatic carbocycles. The number of hydrogen-bond donors (Lipinski definition) is 2. The number of ether oxygens (including phenoxy) is 1. The second-order valence-corrected chi connectivity index (χ2v) is 10.1. The van der Waals surface area contributed by atoms with E-state index in [0.29, 0.717) is 31.5 Å². The summed E-state index contributed by atoms with van der Waals surface area (Å²) in [4.78, 5) is 15.8. The van der Waals surface area contributed by atoms with Crippen LogP contribution in [-0.4, -0.2) is 70.1 Å². The Morgan fingerprint density at radius 3 is 2.61 bits per heavy atom. The molecule has 0 unspecified atom stereocenters. The molecule has 10 nitrogen and oxygen atoms in total. The van der Waals surface area contributed by atoms with Crippen LogP contribution in [0.5, 0.6) is 0 Å². The number of nitrogens with one attached hydrogen (secondary N) is 1. The van der Waals surface area contributed by atoms with Crippen molar-refractivity contribution in [1.29, 1.82) is 0 Å². The predicted octanol–water partition coefficient (Wildman–Crippen LogP) is 2.62. The first-order valence-corrected chi connectivity index (χ1v) is 12.5. The fourth-order valence-corrected chi connectivity index (χ4v) is 4.41. The van der Waals surface area contributed by atoms with E-state index < -0.39 is 10.1 Å². The third kappa shape index (κ3) is 6.27. The monoisotopic (exact) mass is 454 g/mol. The molecule has 2 heterocycles. The van der Waals surface area contributed by atoms with Gasteiger partial charge in [0, 0.05) is 32.8 Å². The summed E-state index contributed by atoms with van der Waals surface area (Å²) in [6, 6.07) is 0.619. The van der Waals surface area contributed by atoms with Crippen molar-refractivity contribution in [2.45, 2.75) is 70.6 Å². The molecule has 2 aromatic rings. The normalized spacial score (nSPS) is 19.8. The zero-order chi connectivity index (χ0) is 22.6. The molecular weight excluding hydrogens is 420 g/mol. The van der Waals surface area contributed by atoms with Crippen LogP contribution in [0.3, 0.4) is 0 Å². The number of imidazole rings is 1.